The lowest BCUT2D eigenvalue weighted by Crippen LogP contribution is -2.03. The first-order valence-corrected chi connectivity index (χ1v) is 8.01. The molecule has 5 heteroatoms. The largest absolute Gasteiger partial charge is 0.373 e. The monoisotopic (exact) mass is 296 g/mol. The Morgan fingerprint density at radius 2 is 1.95 bits per heavy atom. The Balaban J connectivity index is 1.67. The Kier molecular flexibility index (Phi) is 3.00. The summed E-state index contributed by atoms with van der Waals surface area (Å²) in [5.41, 5.74) is 1.06. The second-order valence-corrected chi connectivity index (χ2v) is 6.27. The summed E-state index contributed by atoms with van der Waals surface area (Å²) in [5.74, 6) is 3.20. The average molecular weight is 296 g/mol. The van der Waals surface area contributed by atoms with E-state index in [0.717, 1.165) is 23.1 Å². The topological polar surface area (TPSA) is 49.8 Å². The zero-order chi connectivity index (χ0) is 14.2. The number of anilines is 3. The van der Waals surface area contributed by atoms with Crippen molar-refractivity contribution in [2.24, 2.45) is 0 Å². The van der Waals surface area contributed by atoms with E-state index < -0.39 is 0 Å². The number of aromatic nitrogens is 2. The molecule has 1 aliphatic carbocycles. The van der Waals surface area contributed by atoms with Gasteiger partial charge in [0.2, 0.25) is 0 Å². The quantitative estimate of drug-likeness (QED) is 0.751. The van der Waals surface area contributed by atoms with Crippen LogP contribution in [0.5, 0.6) is 0 Å². The summed E-state index contributed by atoms with van der Waals surface area (Å²) in [4.78, 5) is 9.18. The van der Waals surface area contributed by atoms with E-state index in [4.69, 9.17) is 0 Å². The molecule has 0 saturated heterocycles. The van der Waals surface area contributed by atoms with Crippen LogP contribution in [-0.4, -0.2) is 17.0 Å². The van der Waals surface area contributed by atoms with Gasteiger partial charge in [-0.05, 0) is 47.9 Å². The maximum absolute atomic E-state index is 4.65. The number of benzene rings is 1. The van der Waals surface area contributed by atoms with E-state index in [1.165, 1.54) is 22.9 Å². The summed E-state index contributed by atoms with van der Waals surface area (Å²) in [5, 5.41) is 9.88. The molecule has 21 heavy (non-hydrogen) atoms. The van der Waals surface area contributed by atoms with Crippen LogP contribution < -0.4 is 10.6 Å². The van der Waals surface area contributed by atoms with Crippen molar-refractivity contribution in [2.45, 2.75) is 18.8 Å². The van der Waals surface area contributed by atoms with Gasteiger partial charge in [-0.15, -0.1) is 11.3 Å². The van der Waals surface area contributed by atoms with Crippen LogP contribution >= 0.6 is 11.3 Å². The van der Waals surface area contributed by atoms with Crippen molar-refractivity contribution < 1.29 is 0 Å². The molecule has 1 fully saturated rings. The van der Waals surface area contributed by atoms with Crippen molar-refractivity contribution in [3.63, 3.8) is 0 Å². The molecule has 0 radical (unpaired) electrons. The van der Waals surface area contributed by atoms with Gasteiger partial charge < -0.3 is 10.6 Å². The summed E-state index contributed by atoms with van der Waals surface area (Å²) in [6.07, 6.45) is 2.40. The highest BCUT2D eigenvalue weighted by Gasteiger charge is 2.27. The van der Waals surface area contributed by atoms with Crippen LogP contribution in [0.4, 0.5) is 17.3 Å². The third kappa shape index (κ3) is 2.56. The minimum atomic E-state index is 0.540. The van der Waals surface area contributed by atoms with Crippen LogP contribution in [0.1, 0.15) is 24.6 Å². The number of hydrogen-bond donors (Lipinski definition) is 2. The summed E-state index contributed by atoms with van der Waals surface area (Å²) in [7, 11) is 1.89. The SMILES string of the molecule is CNc1cc(Nc2ccc3sccc3c2)nc(C2CC2)n1. The number of nitrogens with one attached hydrogen (secondary N) is 2. The molecule has 3 aromatic rings. The summed E-state index contributed by atoms with van der Waals surface area (Å²) in [6, 6.07) is 10.5. The zero-order valence-electron chi connectivity index (χ0n) is 11.8. The van der Waals surface area contributed by atoms with Gasteiger partial charge in [0.15, 0.2) is 0 Å². The fourth-order valence-electron chi connectivity index (χ4n) is 2.37. The van der Waals surface area contributed by atoms with E-state index in [-0.39, 0.29) is 0 Å². The minimum Gasteiger partial charge on any atom is -0.373 e. The van der Waals surface area contributed by atoms with Gasteiger partial charge >= 0.3 is 0 Å². The van der Waals surface area contributed by atoms with Gasteiger partial charge in [-0.3, -0.25) is 0 Å². The number of hydrogen-bond acceptors (Lipinski definition) is 5. The molecule has 1 aliphatic rings. The van der Waals surface area contributed by atoms with Gasteiger partial charge in [0.1, 0.15) is 17.5 Å². The van der Waals surface area contributed by atoms with Crippen LogP contribution in [0.15, 0.2) is 35.7 Å². The van der Waals surface area contributed by atoms with Crippen LogP contribution in [-0.2, 0) is 0 Å². The van der Waals surface area contributed by atoms with E-state index in [1.807, 2.05) is 13.1 Å². The maximum Gasteiger partial charge on any atom is 0.136 e. The van der Waals surface area contributed by atoms with E-state index in [2.05, 4.69) is 50.2 Å². The molecule has 4 rings (SSSR count). The Morgan fingerprint density at radius 1 is 1.10 bits per heavy atom. The highest BCUT2D eigenvalue weighted by molar-refractivity contribution is 7.17. The third-order valence-electron chi connectivity index (χ3n) is 3.67. The predicted octanol–water partition coefficient (Wildman–Crippen LogP) is 4.35. The fourth-order valence-corrected chi connectivity index (χ4v) is 3.15. The first kappa shape index (κ1) is 12.6. The van der Waals surface area contributed by atoms with Gasteiger partial charge in [-0.2, -0.15) is 0 Å². The van der Waals surface area contributed by atoms with Crippen LogP contribution in [0.2, 0.25) is 0 Å². The van der Waals surface area contributed by atoms with Crippen LogP contribution in [0.25, 0.3) is 10.1 Å². The second-order valence-electron chi connectivity index (χ2n) is 5.32. The lowest BCUT2D eigenvalue weighted by molar-refractivity contribution is 0.932. The number of thiophene rings is 1. The standard InChI is InChI=1S/C16H16N4S/c1-17-14-9-15(20-16(19-14)10-2-3-10)18-12-4-5-13-11(8-12)6-7-21-13/h4-10H,2-3H2,1H3,(H2,17,18,19,20). The molecule has 1 aromatic carbocycles. The molecule has 2 N–H and O–H groups in total. The Morgan fingerprint density at radius 3 is 2.76 bits per heavy atom. The smallest absolute Gasteiger partial charge is 0.136 e. The van der Waals surface area contributed by atoms with Gasteiger partial charge in [-0.1, -0.05) is 0 Å². The van der Waals surface area contributed by atoms with Gasteiger partial charge in [0.05, 0.1) is 0 Å². The van der Waals surface area contributed by atoms with Crippen molar-refractivity contribution in [3.05, 3.63) is 41.5 Å². The third-order valence-corrected chi connectivity index (χ3v) is 4.56. The number of fused-ring (bicyclic) bond motifs is 1. The molecule has 0 spiro atoms. The average Bonchev–Trinajstić information content (AvgIpc) is 3.25. The Hall–Kier alpha value is -2.14. The molecule has 106 valence electrons. The van der Waals surface area contributed by atoms with Crippen molar-refractivity contribution >= 4 is 38.7 Å². The van der Waals surface area contributed by atoms with Crippen molar-refractivity contribution in [3.8, 4) is 0 Å². The minimum absolute atomic E-state index is 0.540. The van der Waals surface area contributed by atoms with Crippen LogP contribution in [0.3, 0.4) is 0 Å². The maximum atomic E-state index is 4.65. The zero-order valence-corrected chi connectivity index (χ0v) is 12.6. The van der Waals surface area contributed by atoms with E-state index in [1.54, 1.807) is 11.3 Å². The molecule has 0 bridgehead atoms. The highest BCUT2D eigenvalue weighted by atomic mass is 32.1. The molecular weight excluding hydrogens is 280 g/mol. The number of rotatable bonds is 4. The lowest BCUT2D eigenvalue weighted by atomic mass is 10.2. The van der Waals surface area contributed by atoms with Gasteiger partial charge in [0.25, 0.3) is 0 Å². The molecule has 1 saturated carbocycles. The molecule has 2 heterocycles. The molecule has 4 nitrogen and oxygen atoms in total. The van der Waals surface area contributed by atoms with E-state index >= 15 is 0 Å². The second kappa shape index (κ2) is 5.00. The lowest BCUT2D eigenvalue weighted by Gasteiger charge is -2.09. The van der Waals surface area contributed by atoms with Gasteiger partial charge in [0, 0.05) is 29.4 Å². The first-order chi connectivity index (χ1) is 10.3. The first-order valence-electron chi connectivity index (χ1n) is 7.13. The van der Waals surface area contributed by atoms with E-state index in [0.29, 0.717) is 5.92 Å². The normalized spacial score (nSPS) is 14.3. The molecule has 2 aromatic heterocycles. The van der Waals surface area contributed by atoms with Crippen LogP contribution in [0, 0.1) is 0 Å². The summed E-state index contributed by atoms with van der Waals surface area (Å²) < 4.78 is 1.30. The summed E-state index contributed by atoms with van der Waals surface area (Å²) >= 11 is 1.76. The highest BCUT2D eigenvalue weighted by Crippen LogP contribution is 2.39. The van der Waals surface area contributed by atoms with E-state index in [9.17, 15) is 0 Å². The summed E-state index contributed by atoms with van der Waals surface area (Å²) in [6.45, 7) is 0. The van der Waals surface area contributed by atoms with Crippen molar-refractivity contribution in [2.75, 3.05) is 17.7 Å². The predicted molar refractivity (Wildman–Crippen MR) is 88.7 cm³/mol. The molecule has 0 unspecified atom stereocenters. The Bertz CT molecular complexity index is 792. The number of nitrogens with zero attached hydrogens (tertiary/aromatic N) is 2. The van der Waals surface area contributed by atoms with Gasteiger partial charge in [-0.25, -0.2) is 9.97 Å². The molecular formula is C16H16N4S. The Labute approximate surface area is 127 Å². The molecule has 0 amide bonds. The molecule has 0 atom stereocenters. The fraction of sp³-hybridized carbons (Fsp3) is 0.250. The molecule has 0 aliphatic heterocycles. The van der Waals surface area contributed by atoms with Crippen molar-refractivity contribution in [1.29, 1.82) is 0 Å². The van der Waals surface area contributed by atoms with Crippen molar-refractivity contribution in [1.82, 2.24) is 9.97 Å².